The lowest BCUT2D eigenvalue weighted by atomic mass is 9.87. The van der Waals surface area contributed by atoms with Crippen LogP contribution in [0.5, 0.6) is 0 Å². The minimum Gasteiger partial charge on any atom is -0.353 e. The molecule has 36 heavy (non-hydrogen) atoms. The molecule has 0 spiro atoms. The number of amides is 1. The fourth-order valence-corrected chi connectivity index (χ4v) is 5.36. The summed E-state index contributed by atoms with van der Waals surface area (Å²) in [7, 11) is 0. The van der Waals surface area contributed by atoms with Crippen molar-refractivity contribution in [2.45, 2.75) is 72.3 Å². The minimum absolute atomic E-state index is 0.0203. The minimum atomic E-state index is -0.324. The van der Waals surface area contributed by atoms with E-state index in [0.29, 0.717) is 37.0 Å². The molecule has 1 aliphatic heterocycles. The van der Waals surface area contributed by atoms with Crippen LogP contribution in [0.3, 0.4) is 0 Å². The van der Waals surface area contributed by atoms with Crippen LogP contribution in [0.25, 0.3) is 11.6 Å². The number of rotatable bonds is 8. The highest BCUT2D eigenvalue weighted by molar-refractivity contribution is 5.86. The van der Waals surface area contributed by atoms with Crippen molar-refractivity contribution in [2.75, 3.05) is 13.1 Å². The van der Waals surface area contributed by atoms with E-state index >= 15 is 0 Å². The number of likely N-dealkylation sites (tertiary alicyclic amines) is 1. The third-order valence-corrected chi connectivity index (χ3v) is 7.40. The first-order valence-corrected chi connectivity index (χ1v) is 13.0. The second kappa shape index (κ2) is 9.64. The van der Waals surface area contributed by atoms with E-state index in [1.807, 2.05) is 25.1 Å². The second-order valence-electron chi connectivity index (χ2n) is 11.0. The van der Waals surface area contributed by atoms with Crippen LogP contribution in [0.15, 0.2) is 28.8 Å². The zero-order chi connectivity index (χ0) is 25.6. The van der Waals surface area contributed by atoms with Crippen molar-refractivity contribution in [2.24, 2.45) is 11.8 Å². The first-order valence-electron chi connectivity index (χ1n) is 13.0. The van der Waals surface area contributed by atoms with Gasteiger partial charge in [-0.15, -0.1) is 10.2 Å². The van der Waals surface area contributed by atoms with Crippen LogP contribution in [0, 0.1) is 25.7 Å². The third-order valence-electron chi connectivity index (χ3n) is 7.40. The predicted octanol–water partition coefficient (Wildman–Crippen LogP) is 4.46. The fourth-order valence-electron chi connectivity index (χ4n) is 5.36. The lowest BCUT2D eigenvalue weighted by Crippen LogP contribution is -2.28. The summed E-state index contributed by atoms with van der Waals surface area (Å²) in [4.78, 5) is 27.8. The lowest BCUT2D eigenvalue weighted by Gasteiger charge is -2.18. The van der Waals surface area contributed by atoms with E-state index in [-0.39, 0.29) is 29.6 Å². The van der Waals surface area contributed by atoms with Gasteiger partial charge in [0, 0.05) is 50.4 Å². The van der Waals surface area contributed by atoms with Crippen LogP contribution in [-0.4, -0.2) is 49.6 Å². The molecule has 3 aromatic rings. The average molecular weight is 490 g/mol. The van der Waals surface area contributed by atoms with E-state index in [4.69, 9.17) is 4.52 Å². The number of carbonyl (C=O) groups is 2. The Morgan fingerprint density at radius 3 is 2.56 bits per heavy atom. The highest BCUT2D eigenvalue weighted by Crippen LogP contribution is 2.43. The summed E-state index contributed by atoms with van der Waals surface area (Å²) in [5.41, 5.74) is 4.23. The number of ketones is 1. The van der Waals surface area contributed by atoms with Crippen molar-refractivity contribution in [1.82, 2.24) is 24.8 Å². The van der Waals surface area contributed by atoms with Crippen molar-refractivity contribution in [1.29, 1.82) is 0 Å². The van der Waals surface area contributed by atoms with Gasteiger partial charge in [0.1, 0.15) is 11.6 Å². The van der Waals surface area contributed by atoms with Crippen molar-refractivity contribution >= 4 is 11.7 Å². The zero-order valence-corrected chi connectivity index (χ0v) is 21.8. The molecule has 0 radical (unpaired) electrons. The van der Waals surface area contributed by atoms with Crippen molar-refractivity contribution < 1.29 is 14.1 Å². The van der Waals surface area contributed by atoms with E-state index < -0.39 is 0 Å². The number of carbonyl (C=O) groups excluding carboxylic acids is 2. The summed E-state index contributed by atoms with van der Waals surface area (Å²) in [5, 5.41) is 13.4. The Kier molecular flexibility index (Phi) is 6.53. The largest absolute Gasteiger partial charge is 0.353 e. The van der Waals surface area contributed by atoms with Crippen LogP contribution >= 0.6 is 0 Å². The van der Waals surface area contributed by atoms with Gasteiger partial charge in [0.05, 0.1) is 5.69 Å². The van der Waals surface area contributed by atoms with Crippen LogP contribution in [0.4, 0.5) is 0 Å². The standard InChI is InChI=1S/C28H35N5O3/c1-16(2)10-21-13-26(36-31-21)28-30-29-27(33(28)22-8-9-22)24-15-32(19(5)34)14-23(24)25(35)12-20-7-6-17(3)11-18(20)4/h6-7,11,13,16,22-24H,8-10,12,14-15H2,1-5H3/t23-,24-/m1/s1. The molecule has 0 bridgehead atoms. The molecule has 1 amide bonds. The van der Waals surface area contributed by atoms with Gasteiger partial charge in [-0.1, -0.05) is 42.8 Å². The summed E-state index contributed by atoms with van der Waals surface area (Å²) in [6.45, 7) is 10.8. The van der Waals surface area contributed by atoms with E-state index in [0.717, 1.165) is 41.9 Å². The summed E-state index contributed by atoms with van der Waals surface area (Å²) in [6, 6.07) is 8.43. The first-order chi connectivity index (χ1) is 17.2. The lowest BCUT2D eigenvalue weighted by molar-refractivity contribution is -0.128. The summed E-state index contributed by atoms with van der Waals surface area (Å²) in [6.07, 6.45) is 3.26. The third kappa shape index (κ3) is 4.86. The molecule has 1 saturated heterocycles. The number of nitrogens with zero attached hydrogens (tertiary/aromatic N) is 5. The van der Waals surface area contributed by atoms with Gasteiger partial charge in [0.2, 0.25) is 17.5 Å². The summed E-state index contributed by atoms with van der Waals surface area (Å²) >= 11 is 0. The predicted molar refractivity (Wildman–Crippen MR) is 135 cm³/mol. The van der Waals surface area contributed by atoms with E-state index in [2.05, 4.69) is 46.8 Å². The summed E-state index contributed by atoms with van der Waals surface area (Å²) < 4.78 is 7.82. The molecule has 2 aromatic heterocycles. The molecule has 8 heteroatoms. The molecule has 190 valence electrons. The number of Topliss-reactive ketones (excluding diaryl/α,β-unsaturated/α-hetero) is 1. The molecule has 2 fully saturated rings. The Bertz CT molecular complexity index is 1290. The maximum absolute atomic E-state index is 13.7. The van der Waals surface area contributed by atoms with Gasteiger partial charge in [-0.2, -0.15) is 0 Å². The van der Waals surface area contributed by atoms with Crippen molar-refractivity contribution in [3.05, 3.63) is 52.5 Å². The van der Waals surface area contributed by atoms with Gasteiger partial charge in [0.25, 0.3) is 0 Å². The maximum Gasteiger partial charge on any atom is 0.219 e. The quantitative estimate of drug-likeness (QED) is 0.464. The van der Waals surface area contributed by atoms with Gasteiger partial charge in [-0.3, -0.25) is 9.59 Å². The Balaban J connectivity index is 1.47. The Labute approximate surface area is 212 Å². The number of aryl methyl sites for hydroxylation is 2. The molecule has 3 heterocycles. The molecule has 8 nitrogen and oxygen atoms in total. The first kappa shape index (κ1) is 24.4. The molecule has 0 unspecified atom stereocenters. The maximum atomic E-state index is 13.7. The van der Waals surface area contributed by atoms with Gasteiger partial charge in [0.15, 0.2) is 0 Å². The monoisotopic (exact) mass is 489 g/mol. The molecule has 5 rings (SSSR count). The van der Waals surface area contributed by atoms with E-state index in [1.165, 1.54) is 5.56 Å². The number of aromatic nitrogens is 4. The topological polar surface area (TPSA) is 94.1 Å². The van der Waals surface area contributed by atoms with Gasteiger partial charge < -0.3 is 14.0 Å². The van der Waals surface area contributed by atoms with Gasteiger partial charge in [-0.05, 0) is 50.2 Å². The molecular weight excluding hydrogens is 454 g/mol. The number of hydrogen-bond acceptors (Lipinski definition) is 6. The Hall–Kier alpha value is -3.29. The van der Waals surface area contributed by atoms with Crippen LogP contribution in [0.1, 0.15) is 73.8 Å². The average Bonchev–Trinajstić information content (AvgIpc) is 3.20. The number of benzene rings is 1. The Morgan fingerprint density at radius 1 is 1.11 bits per heavy atom. The Morgan fingerprint density at radius 2 is 1.89 bits per heavy atom. The van der Waals surface area contributed by atoms with Gasteiger partial charge >= 0.3 is 0 Å². The van der Waals surface area contributed by atoms with Crippen molar-refractivity contribution in [3.8, 4) is 11.6 Å². The molecular formula is C28H35N5O3. The molecule has 1 saturated carbocycles. The van der Waals surface area contributed by atoms with Crippen LogP contribution in [0.2, 0.25) is 0 Å². The smallest absolute Gasteiger partial charge is 0.219 e. The molecule has 2 aliphatic rings. The zero-order valence-electron chi connectivity index (χ0n) is 21.8. The molecule has 2 atom stereocenters. The van der Waals surface area contributed by atoms with E-state index in [9.17, 15) is 9.59 Å². The summed E-state index contributed by atoms with van der Waals surface area (Å²) in [5.74, 6) is 2.11. The van der Waals surface area contributed by atoms with E-state index in [1.54, 1.807) is 11.8 Å². The second-order valence-corrected chi connectivity index (χ2v) is 11.0. The highest BCUT2D eigenvalue weighted by atomic mass is 16.5. The number of hydrogen-bond donors (Lipinski definition) is 0. The molecule has 0 N–H and O–H groups in total. The normalized spacial score (nSPS) is 19.9. The van der Waals surface area contributed by atoms with Crippen LogP contribution in [-0.2, 0) is 22.4 Å². The molecule has 1 aliphatic carbocycles. The highest BCUT2D eigenvalue weighted by Gasteiger charge is 2.44. The molecule has 1 aromatic carbocycles. The fraction of sp³-hybridized carbons (Fsp3) is 0.536. The SMILES string of the molecule is CC(=O)N1C[C@@H](C(=O)Cc2ccc(C)cc2C)[C@H](c2nnc(-c3cc(CC(C)C)no3)n2C2CC2)C1. The van der Waals surface area contributed by atoms with Crippen molar-refractivity contribution in [3.63, 3.8) is 0 Å². The van der Waals surface area contributed by atoms with Crippen LogP contribution < -0.4 is 0 Å². The van der Waals surface area contributed by atoms with Gasteiger partial charge in [-0.25, -0.2) is 0 Å².